The maximum Gasteiger partial charge on any atom is 0.337 e. The molecule has 21 heavy (non-hydrogen) atoms. The number of nitrogens with one attached hydrogen (secondary N) is 2. The molecule has 0 spiro atoms. The summed E-state index contributed by atoms with van der Waals surface area (Å²) in [4.78, 5) is 26.9. The number of urea groups is 1. The minimum absolute atomic E-state index is 0.0578. The molecule has 0 unspecified atom stereocenters. The normalized spacial score (nSPS) is 10.1. The van der Waals surface area contributed by atoms with Crippen LogP contribution in [0.5, 0.6) is 0 Å². The Kier molecular flexibility index (Phi) is 5.13. The number of carbonyl (C=O) groups is 2. The molecule has 0 aliphatic rings. The van der Waals surface area contributed by atoms with E-state index >= 15 is 0 Å². The number of rotatable bonds is 5. The lowest BCUT2D eigenvalue weighted by molar-refractivity contribution is 0.0698. The Morgan fingerprint density at radius 2 is 2.19 bits per heavy atom. The summed E-state index contributed by atoms with van der Waals surface area (Å²) in [5.74, 6) is -1.16. The fourth-order valence-electron chi connectivity index (χ4n) is 1.63. The van der Waals surface area contributed by atoms with E-state index in [1.807, 2.05) is 5.38 Å². The molecule has 0 atom stereocenters. The van der Waals surface area contributed by atoms with Gasteiger partial charge in [-0.05, 0) is 18.2 Å². The van der Waals surface area contributed by atoms with Gasteiger partial charge in [0.15, 0.2) is 0 Å². The summed E-state index contributed by atoms with van der Waals surface area (Å²) < 4.78 is 0. The minimum atomic E-state index is -1.16. The van der Waals surface area contributed by atoms with E-state index in [-0.39, 0.29) is 11.3 Å². The third-order valence-electron chi connectivity index (χ3n) is 2.57. The van der Waals surface area contributed by atoms with Gasteiger partial charge in [-0.1, -0.05) is 11.6 Å². The zero-order valence-corrected chi connectivity index (χ0v) is 12.4. The first-order chi connectivity index (χ1) is 10.1. The molecule has 2 rings (SSSR count). The Morgan fingerprint density at radius 1 is 1.38 bits per heavy atom. The van der Waals surface area contributed by atoms with E-state index in [1.54, 1.807) is 6.20 Å². The summed E-state index contributed by atoms with van der Waals surface area (Å²) >= 11 is 7.25. The smallest absolute Gasteiger partial charge is 0.337 e. The molecular formula is C13H12ClN3O3S. The number of hydrogen-bond acceptors (Lipinski definition) is 4. The van der Waals surface area contributed by atoms with Gasteiger partial charge in [0.25, 0.3) is 0 Å². The fourth-order valence-corrected chi connectivity index (χ4v) is 2.42. The van der Waals surface area contributed by atoms with E-state index in [2.05, 4.69) is 15.6 Å². The summed E-state index contributed by atoms with van der Waals surface area (Å²) in [6.07, 6.45) is 2.32. The van der Waals surface area contributed by atoms with Gasteiger partial charge in [-0.3, -0.25) is 0 Å². The quantitative estimate of drug-likeness (QED) is 0.788. The van der Waals surface area contributed by atoms with Crippen molar-refractivity contribution in [3.63, 3.8) is 0 Å². The molecule has 0 fully saturated rings. The zero-order valence-electron chi connectivity index (χ0n) is 10.8. The lowest BCUT2D eigenvalue weighted by Gasteiger charge is -2.09. The highest BCUT2D eigenvalue weighted by molar-refractivity contribution is 7.09. The average molecular weight is 326 g/mol. The molecule has 0 bridgehead atoms. The van der Waals surface area contributed by atoms with Gasteiger partial charge >= 0.3 is 12.0 Å². The van der Waals surface area contributed by atoms with E-state index in [0.29, 0.717) is 18.0 Å². The fraction of sp³-hybridized carbons (Fsp3) is 0.154. The maximum atomic E-state index is 11.7. The number of hydrogen-bond donors (Lipinski definition) is 3. The largest absolute Gasteiger partial charge is 0.478 e. The van der Waals surface area contributed by atoms with E-state index in [0.717, 1.165) is 5.01 Å². The van der Waals surface area contributed by atoms with Crippen LogP contribution in [0.2, 0.25) is 5.02 Å². The van der Waals surface area contributed by atoms with Gasteiger partial charge in [-0.25, -0.2) is 14.6 Å². The zero-order chi connectivity index (χ0) is 15.2. The maximum absolute atomic E-state index is 11.7. The molecule has 6 nitrogen and oxygen atoms in total. The Bertz CT molecular complexity index is 646. The number of benzene rings is 1. The van der Waals surface area contributed by atoms with Gasteiger partial charge < -0.3 is 15.7 Å². The van der Waals surface area contributed by atoms with Crippen molar-refractivity contribution in [3.05, 3.63) is 45.4 Å². The molecule has 0 radical (unpaired) electrons. The SMILES string of the molecule is O=C(NCCc1nccs1)Nc1ccc(Cl)cc1C(=O)O. The number of nitrogens with zero attached hydrogens (tertiary/aromatic N) is 1. The molecule has 110 valence electrons. The molecule has 0 saturated carbocycles. The highest BCUT2D eigenvalue weighted by Crippen LogP contribution is 2.20. The van der Waals surface area contributed by atoms with Gasteiger partial charge in [0, 0.05) is 29.6 Å². The number of anilines is 1. The summed E-state index contributed by atoms with van der Waals surface area (Å²) in [6, 6.07) is 3.77. The number of halogens is 1. The van der Waals surface area contributed by atoms with Gasteiger partial charge in [0.1, 0.15) is 0 Å². The molecule has 1 aromatic heterocycles. The van der Waals surface area contributed by atoms with E-state index in [4.69, 9.17) is 16.7 Å². The topological polar surface area (TPSA) is 91.3 Å². The van der Waals surface area contributed by atoms with Crippen LogP contribution in [0.25, 0.3) is 0 Å². The number of thiazole rings is 1. The lowest BCUT2D eigenvalue weighted by Crippen LogP contribution is -2.31. The number of amides is 2. The number of carboxylic acids is 1. The molecule has 2 amide bonds. The molecule has 0 saturated heterocycles. The molecule has 1 heterocycles. The van der Waals surface area contributed by atoms with Crippen LogP contribution in [-0.2, 0) is 6.42 Å². The van der Waals surface area contributed by atoms with Gasteiger partial charge in [0.05, 0.1) is 16.3 Å². The second-order valence-corrected chi connectivity index (χ2v) is 5.47. The molecule has 2 aromatic rings. The van der Waals surface area contributed by atoms with E-state index < -0.39 is 12.0 Å². The second-order valence-electron chi connectivity index (χ2n) is 4.05. The Morgan fingerprint density at radius 3 is 2.86 bits per heavy atom. The molecular weight excluding hydrogens is 314 g/mol. The second kappa shape index (κ2) is 7.05. The summed E-state index contributed by atoms with van der Waals surface area (Å²) in [6.45, 7) is 0.412. The first-order valence-corrected chi connectivity index (χ1v) is 7.28. The average Bonchev–Trinajstić information content (AvgIpc) is 2.94. The van der Waals surface area contributed by atoms with Crippen LogP contribution in [0.15, 0.2) is 29.8 Å². The minimum Gasteiger partial charge on any atom is -0.478 e. The van der Waals surface area contributed by atoms with Crippen molar-refractivity contribution in [1.82, 2.24) is 10.3 Å². The van der Waals surface area contributed by atoms with Gasteiger partial charge in [0.2, 0.25) is 0 Å². The van der Waals surface area contributed by atoms with Crippen molar-refractivity contribution >= 4 is 40.6 Å². The van der Waals surface area contributed by atoms with E-state index in [9.17, 15) is 9.59 Å². The number of aromatic nitrogens is 1. The molecule has 1 aromatic carbocycles. The van der Waals surface area contributed by atoms with Crippen molar-refractivity contribution in [1.29, 1.82) is 0 Å². The monoisotopic (exact) mass is 325 g/mol. The Balaban J connectivity index is 1.92. The number of carbonyl (C=O) groups excluding carboxylic acids is 1. The van der Waals surface area contributed by atoms with Crippen LogP contribution in [0, 0.1) is 0 Å². The summed E-state index contributed by atoms with van der Waals surface area (Å²) in [5, 5.41) is 17.3. The van der Waals surface area contributed by atoms with Crippen molar-refractivity contribution in [3.8, 4) is 0 Å². The standard InChI is InChI=1S/C13H12ClN3O3S/c14-8-1-2-10(9(7-8)12(18)19)17-13(20)16-4-3-11-15-5-6-21-11/h1-2,5-7H,3-4H2,(H,18,19)(H2,16,17,20). The predicted octanol–water partition coefficient (Wildman–Crippen LogP) is 2.86. The van der Waals surface area contributed by atoms with Crippen LogP contribution in [-0.4, -0.2) is 28.6 Å². The number of carboxylic acid groups (broad SMARTS) is 1. The van der Waals surface area contributed by atoms with Crippen LogP contribution in [0.4, 0.5) is 10.5 Å². The van der Waals surface area contributed by atoms with Crippen LogP contribution in [0.3, 0.4) is 0 Å². The van der Waals surface area contributed by atoms with Gasteiger partial charge in [-0.2, -0.15) is 0 Å². The molecule has 3 N–H and O–H groups in total. The van der Waals surface area contributed by atoms with Crippen LogP contribution >= 0.6 is 22.9 Å². The van der Waals surface area contributed by atoms with Crippen molar-refractivity contribution in [2.75, 3.05) is 11.9 Å². The lowest BCUT2D eigenvalue weighted by atomic mass is 10.2. The first-order valence-electron chi connectivity index (χ1n) is 6.02. The highest BCUT2D eigenvalue weighted by atomic mass is 35.5. The third-order valence-corrected chi connectivity index (χ3v) is 3.64. The summed E-state index contributed by atoms with van der Waals surface area (Å²) in [5.41, 5.74) is 0.135. The van der Waals surface area contributed by atoms with Crippen molar-refractivity contribution < 1.29 is 14.7 Å². The first kappa shape index (κ1) is 15.3. The predicted molar refractivity (Wildman–Crippen MR) is 81.3 cm³/mol. The number of aromatic carboxylic acids is 1. The molecule has 8 heteroatoms. The Labute approximate surface area is 129 Å². The van der Waals surface area contributed by atoms with Crippen molar-refractivity contribution in [2.24, 2.45) is 0 Å². The molecule has 0 aliphatic heterocycles. The van der Waals surface area contributed by atoms with Crippen LogP contribution < -0.4 is 10.6 Å². The highest BCUT2D eigenvalue weighted by Gasteiger charge is 2.12. The van der Waals surface area contributed by atoms with Crippen molar-refractivity contribution in [2.45, 2.75) is 6.42 Å². The van der Waals surface area contributed by atoms with Crippen LogP contribution in [0.1, 0.15) is 15.4 Å². The Hall–Kier alpha value is -2.12. The summed E-state index contributed by atoms with van der Waals surface area (Å²) in [7, 11) is 0. The van der Waals surface area contributed by atoms with E-state index in [1.165, 1.54) is 29.5 Å². The third kappa shape index (κ3) is 4.44. The van der Waals surface area contributed by atoms with Gasteiger partial charge in [-0.15, -0.1) is 11.3 Å². The molecule has 0 aliphatic carbocycles.